The molecule has 1 aliphatic rings. The number of benzene rings is 1. The standard InChI is InChI=1S/C16H23Cl2N/c1-14(2)8-15(3,4)10-16(19,9-14)11-5-6-12(17)13(18)7-11/h5-7H,8-10,19H2,1-4H3. The molecule has 0 unspecified atom stereocenters. The average Bonchev–Trinajstić information content (AvgIpc) is 2.16. The molecule has 3 heteroatoms. The van der Waals surface area contributed by atoms with E-state index in [0.717, 1.165) is 18.4 Å². The van der Waals surface area contributed by atoms with Gasteiger partial charge in [-0.05, 0) is 47.8 Å². The zero-order valence-electron chi connectivity index (χ0n) is 12.2. The van der Waals surface area contributed by atoms with Crippen molar-refractivity contribution < 1.29 is 0 Å². The van der Waals surface area contributed by atoms with E-state index >= 15 is 0 Å². The van der Waals surface area contributed by atoms with Crippen LogP contribution in [0.15, 0.2) is 18.2 Å². The lowest BCUT2D eigenvalue weighted by atomic mass is 9.57. The minimum Gasteiger partial charge on any atom is -0.321 e. The lowest BCUT2D eigenvalue weighted by molar-refractivity contribution is 0.0471. The predicted molar refractivity (Wildman–Crippen MR) is 83.7 cm³/mol. The second kappa shape index (κ2) is 4.65. The van der Waals surface area contributed by atoms with Crippen LogP contribution in [-0.2, 0) is 5.54 Å². The van der Waals surface area contributed by atoms with E-state index in [-0.39, 0.29) is 16.4 Å². The van der Waals surface area contributed by atoms with Crippen molar-refractivity contribution in [3.8, 4) is 0 Å². The van der Waals surface area contributed by atoms with Gasteiger partial charge in [0.2, 0.25) is 0 Å². The molecule has 1 saturated carbocycles. The topological polar surface area (TPSA) is 26.0 Å². The maximum atomic E-state index is 6.75. The summed E-state index contributed by atoms with van der Waals surface area (Å²) in [6.07, 6.45) is 3.14. The summed E-state index contributed by atoms with van der Waals surface area (Å²) in [4.78, 5) is 0. The van der Waals surface area contributed by atoms with Crippen LogP contribution in [0, 0.1) is 10.8 Å². The van der Waals surface area contributed by atoms with E-state index in [2.05, 4.69) is 27.7 Å². The van der Waals surface area contributed by atoms with Crippen molar-refractivity contribution in [3.63, 3.8) is 0 Å². The molecule has 19 heavy (non-hydrogen) atoms. The molecule has 0 saturated heterocycles. The first kappa shape index (κ1) is 15.2. The molecular formula is C16H23Cl2N. The molecule has 0 bridgehead atoms. The van der Waals surface area contributed by atoms with Crippen molar-refractivity contribution in [3.05, 3.63) is 33.8 Å². The number of halogens is 2. The molecule has 0 aromatic heterocycles. The van der Waals surface area contributed by atoms with Gasteiger partial charge in [0.05, 0.1) is 10.0 Å². The molecule has 2 rings (SSSR count). The Balaban J connectivity index is 2.43. The first-order valence-corrected chi connectivity index (χ1v) is 7.53. The molecule has 0 heterocycles. The van der Waals surface area contributed by atoms with Gasteiger partial charge in [0.15, 0.2) is 0 Å². The Morgan fingerprint density at radius 1 is 0.895 bits per heavy atom. The van der Waals surface area contributed by atoms with Crippen molar-refractivity contribution in [1.29, 1.82) is 0 Å². The smallest absolute Gasteiger partial charge is 0.0595 e. The summed E-state index contributed by atoms with van der Waals surface area (Å²) in [5.41, 5.74) is 8.01. The number of rotatable bonds is 1. The summed E-state index contributed by atoms with van der Waals surface area (Å²) in [5, 5.41) is 1.17. The highest BCUT2D eigenvalue weighted by Gasteiger charge is 2.46. The van der Waals surface area contributed by atoms with Crippen LogP contribution in [0.3, 0.4) is 0 Å². The molecule has 0 aliphatic heterocycles. The van der Waals surface area contributed by atoms with Crippen LogP contribution in [-0.4, -0.2) is 0 Å². The van der Waals surface area contributed by atoms with Crippen LogP contribution >= 0.6 is 23.2 Å². The zero-order chi connectivity index (χ0) is 14.5. The quantitative estimate of drug-likeness (QED) is 0.740. The molecule has 0 radical (unpaired) electrons. The summed E-state index contributed by atoms with van der Waals surface area (Å²) in [6, 6.07) is 5.80. The average molecular weight is 300 g/mol. The molecular weight excluding hydrogens is 277 g/mol. The fraction of sp³-hybridized carbons (Fsp3) is 0.625. The molecule has 1 aliphatic carbocycles. The first-order chi connectivity index (χ1) is 8.53. The lowest BCUT2D eigenvalue weighted by Gasteiger charge is -2.50. The number of hydrogen-bond donors (Lipinski definition) is 1. The van der Waals surface area contributed by atoms with E-state index in [1.54, 1.807) is 0 Å². The van der Waals surface area contributed by atoms with Crippen LogP contribution in [0.25, 0.3) is 0 Å². The van der Waals surface area contributed by atoms with E-state index in [4.69, 9.17) is 28.9 Å². The van der Waals surface area contributed by atoms with Gasteiger partial charge >= 0.3 is 0 Å². The Morgan fingerprint density at radius 2 is 1.42 bits per heavy atom. The van der Waals surface area contributed by atoms with Crippen LogP contribution in [0.2, 0.25) is 10.0 Å². The Labute approximate surface area is 126 Å². The summed E-state index contributed by atoms with van der Waals surface area (Å²) >= 11 is 12.2. The molecule has 1 aromatic carbocycles. The van der Waals surface area contributed by atoms with Gasteiger partial charge in [-0.1, -0.05) is 57.0 Å². The van der Waals surface area contributed by atoms with E-state index in [0.29, 0.717) is 10.0 Å². The molecule has 1 fully saturated rings. The molecule has 2 N–H and O–H groups in total. The van der Waals surface area contributed by atoms with E-state index in [9.17, 15) is 0 Å². The van der Waals surface area contributed by atoms with E-state index in [1.165, 1.54) is 6.42 Å². The van der Waals surface area contributed by atoms with Gasteiger partial charge in [-0.25, -0.2) is 0 Å². The van der Waals surface area contributed by atoms with Gasteiger partial charge < -0.3 is 5.73 Å². The second-order valence-corrected chi connectivity index (χ2v) is 8.46. The summed E-state index contributed by atoms with van der Waals surface area (Å²) in [7, 11) is 0. The maximum Gasteiger partial charge on any atom is 0.0595 e. The monoisotopic (exact) mass is 299 g/mol. The van der Waals surface area contributed by atoms with Crippen molar-refractivity contribution in [2.75, 3.05) is 0 Å². The Kier molecular flexibility index (Phi) is 3.71. The fourth-order valence-corrected chi connectivity index (χ4v) is 4.50. The number of nitrogens with two attached hydrogens (primary N) is 1. The maximum absolute atomic E-state index is 6.75. The molecule has 1 nitrogen and oxygen atoms in total. The van der Waals surface area contributed by atoms with Gasteiger partial charge in [-0.3, -0.25) is 0 Å². The fourth-order valence-electron chi connectivity index (χ4n) is 4.20. The molecule has 106 valence electrons. The van der Waals surface area contributed by atoms with Crippen molar-refractivity contribution in [1.82, 2.24) is 0 Å². The third-order valence-corrected chi connectivity index (χ3v) is 4.78. The molecule has 0 amide bonds. The van der Waals surface area contributed by atoms with Crippen LogP contribution in [0.1, 0.15) is 52.5 Å². The van der Waals surface area contributed by atoms with Crippen LogP contribution in [0.4, 0.5) is 0 Å². The largest absolute Gasteiger partial charge is 0.321 e. The summed E-state index contributed by atoms with van der Waals surface area (Å²) in [5.74, 6) is 0. The van der Waals surface area contributed by atoms with Crippen molar-refractivity contribution >= 4 is 23.2 Å². The third kappa shape index (κ3) is 3.26. The molecule has 0 atom stereocenters. The van der Waals surface area contributed by atoms with Crippen LogP contribution < -0.4 is 5.73 Å². The van der Waals surface area contributed by atoms with Crippen LogP contribution in [0.5, 0.6) is 0 Å². The van der Waals surface area contributed by atoms with Gasteiger partial charge in [0.1, 0.15) is 0 Å². The number of hydrogen-bond acceptors (Lipinski definition) is 1. The van der Waals surface area contributed by atoms with E-state index in [1.807, 2.05) is 18.2 Å². The SMILES string of the molecule is CC1(C)CC(C)(C)CC(N)(c2ccc(Cl)c(Cl)c2)C1. The van der Waals surface area contributed by atoms with Gasteiger partial charge in [-0.2, -0.15) is 0 Å². The first-order valence-electron chi connectivity index (χ1n) is 6.78. The highest BCUT2D eigenvalue weighted by molar-refractivity contribution is 6.42. The van der Waals surface area contributed by atoms with Crippen molar-refractivity contribution in [2.45, 2.75) is 52.5 Å². The van der Waals surface area contributed by atoms with Gasteiger partial charge in [0.25, 0.3) is 0 Å². The lowest BCUT2D eigenvalue weighted by Crippen LogP contribution is -2.49. The van der Waals surface area contributed by atoms with Gasteiger partial charge in [-0.15, -0.1) is 0 Å². The Morgan fingerprint density at radius 3 is 1.89 bits per heavy atom. The normalized spacial score (nSPS) is 24.2. The van der Waals surface area contributed by atoms with E-state index < -0.39 is 0 Å². The van der Waals surface area contributed by atoms with Crippen molar-refractivity contribution in [2.24, 2.45) is 16.6 Å². The Hall–Kier alpha value is -0.240. The predicted octanol–water partition coefficient (Wildman–Crippen LogP) is 5.38. The third-order valence-electron chi connectivity index (χ3n) is 4.04. The van der Waals surface area contributed by atoms with Gasteiger partial charge in [0, 0.05) is 5.54 Å². The highest BCUT2D eigenvalue weighted by Crippen LogP contribution is 2.53. The summed E-state index contributed by atoms with van der Waals surface area (Å²) < 4.78 is 0. The minimum atomic E-state index is -0.320. The zero-order valence-corrected chi connectivity index (χ0v) is 13.7. The molecule has 0 spiro atoms. The highest BCUT2D eigenvalue weighted by atomic mass is 35.5. The Bertz CT molecular complexity index is 476. The molecule has 1 aromatic rings. The minimum absolute atomic E-state index is 0.239. The second-order valence-electron chi connectivity index (χ2n) is 7.64. The summed E-state index contributed by atoms with van der Waals surface area (Å²) in [6.45, 7) is 9.19.